The monoisotopic (exact) mass is 643 g/mol. The predicted molar refractivity (Wildman–Crippen MR) is 168 cm³/mol. The summed E-state index contributed by atoms with van der Waals surface area (Å²) >= 11 is 0. The topological polar surface area (TPSA) is 80.6 Å². The summed E-state index contributed by atoms with van der Waals surface area (Å²) in [5, 5.41) is 2.76. The fourth-order valence-electron chi connectivity index (χ4n) is 6.08. The Balaban J connectivity index is 1.74. The average molecular weight is 644 g/mol. The van der Waals surface area contributed by atoms with Crippen molar-refractivity contribution in [2.45, 2.75) is 72.1 Å². The fourth-order valence-corrected chi connectivity index (χ4v) is 6.08. The Morgan fingerprint density at radius 3 is 2.24 bits per heavy atom. The summed E-state index contributed by atoms with van der Waals surface area (Å²) in [6.07, 6.45) is 0.605. The maximum Gasteiger partial charge on any atom is 0.307 e. The highest BCUT2D eigenvalue weighted by atomic mass is 19.1. The molecule has 11 heteroatoms. The maximum atomic E-state index is 15.8. The van der Waals surface area contributed by atoms with Crippen molar-refractivity contribution in [1.82, 2.24) is 14.8 Å². The molecule has 1 fully saturated rings. The quantitative estimate of drug-likeness (QED) is 0.192. The molecule has 46 heavy (non-hydrogen) atoms. The van der Waals surface area contributed by atoms with Crippen molar-refractivity contribution in [2.24, 2.45) is 5.92 Å². The molecule has 1 aromatic heterocycles. The van der Waals surface area contributed by atoms with Crippen molar-refractivity contribution in [1.29, 1.82) is 0 Å². The van der Waals surface area contributed by atoms with Crippen molar-refractivity contribution >= 4 is 11.9 Å². The summed E-state index contributed by atoms with van der Waals surface area (Å²) in [6.45, 7) is 9.75. The van der Waals surface area contributed by atoms with Gasteiger partial charge in [0.15, 0.2) is 5.82 Å². The van der Waals surface area contributed by atoms with Crippen molar-refractivity contribution in [3.8, 4) is 11.1 Å². The number of carbonyl (C=O) groups excluding carboxylic acids is 2. The zero-order valence-electron chi connectivity index (χ0n) is 27.1. The molecule has 1 saturated heterocycles. The Bertz CT molecular complexity index is 1640. The van der Waals surface area contributed by atoms with Gasteiger partial charge in [0.1, 0.15) is 23.8 Å². The van der Waals surface area contributed by atoms with Gasteiger partial charge >= 0.3 is 5.97 Å². The van der Waals surface area contributed by atoms with Crippen LogP contribution in [0.15, 0.2) is 41.3 Å². The minimum absolute atomic E-state index is 0.00756. The van der Waals surface area contributed by atoms with Gasteiger partial charge in [-0.2, -0.15) is 0 Å². The number of hydrogen-bond acceptors (Lipinski definition) is 5. The number of esters is 1. The van der Waals surface area contributed by atoms with Gasteiger partial charge in [-0.05, 0) is 103 Å². The zero-order chi connectivity index (χ0) is 33.9. The number of amides is 1. The number of aryl methyl sites for hydroxylation is 3. The van der Waals surface area contributed by atoms with Gasteiger partial charge in [0.2, 0.25) is 5.91 Å². The summed E-state index contributed by atoms with van der Waals surface area (Å²) < 4.78 is 64.0. The number of ether oxygens (including phenoxy) is 1. The molecule has 7 nitrogen and oxygen atoms in total. The lowest BCUT2D eigenvalue weighted by Crippen LogP contribution is -2.49. The molecule has 248 valence electrons. The van der Waals surface area contributed by atoms with Crippen molar-refractivity contribution < 1.29 is 31.9 Å². The molecule has 3 aromatic rings. The number of alkyl halides is 1. The van der Waals surface area contributed by atoms with E-state index in [1.807, 2.05) is 18.7 Å². The van der Waals surface area contributed by atoms with Crippen LogP contribution in [0.3, 0.4) is 0 Å². The van der Waals surface area contributed by atoms with Crippen LogP contribution in [-0.2, 0) is 20.7 Å². The molecule has 2 heterocycles. The van der Waals surface area contributed by atoms with Gasteiger partial charge in [-0.15, -0.1) is 0 Å². The summed E-state index contributed by atoms with van der Waals surface area (Å²) in [6, 6.07) is 4.61. The number of pyridine rings is 1. The van der Waals surface area contributed by atoms with Gasteiger partial charge < -0.3 is 14.6 Å². The minimum atomic E-state index is -1.21. The van der Waals surface area contributed by atoms with Crippen molar-refractivity contribution in [3.05, 3.63) is 92.2 Å². The third-order valence-corrected chi connectivity index (χ3v) is 8.38. The number of aromatic nitrogens is 1. The number of rotatable bonds is 12. The van der Waals surface area contributed by atoms with Gasteiger partial charge in [-0.25, -0.2) is 17.6 Å². The van der Waals surface area contributed by atoms with E-state index in [9.17, 15) is 27.6 Å². The molecule has 0 bridgehead atoms. The van der Waals surface area contributed by atoms with E-state index in [0.29, 0.717) is 53.9 Å². The molecular formula is C35H41F4N3O4. The van der Waals surface area contributed by atoms with Gasteiger partial charge in [0.05, 0.1) is 19.6 Å². The number of methoxy groups -OCH3 is 1. The van der Waals surface area contributed by atoms with E-state index in [2.05, 4.69) is 5.32 Å². The van der Waals surface area contributed by atoms with Crippen LogP contribution < -0.4 is 10.9 Å². The third kappa shape index (κ3) is 8.04. The van der Waals surface area contributed by atoms with E-state index >= 15 is 4.39 Å². The number of halogens is 4. The first-order valence-corrected chi connectivity index (χ1v) is 15.4. The second-order valence-corrected chi connectivity index (χ2v) is 12.6. The van der Waals surface area contributed by atoms with Crippen LogP contribution >= 0.6 is 0 Å². The maximum absolute atomic E-state index is 15.8. The van der Waals surface area contributed by atoms with Crippen LogP contribution in [0.2, 0.25) is 0 Å². The lowest BCUT2D eigenvalue weighted by atomic mass is 9.90. The van der Waals surface area contributed by atoms with Crippen LogP contribution in [-0.4, -0.2) is 54.3 Å². The summed E-state index contributed by atoms with van der Waals surface area (Å²) in [7, 11) is 1.17. The molecule has 2 atom stereocenters. The first-order valence-electron chi connectivity index (χ1n) is 15.4. The molecule has 1 unspecified atom stereocenters. The highest BCUT2D eigenvalue weighted by molar-refractivity contribution is 5.82. The Morgan fingerprint density at radius 1 is 1.00 bits per heavy atom. The molecule has 2 aromatic carbocycles. The van der Waals surface area contributed by atoms with Crippen LogP contribution in [0.4, 0.5) is 17.6 Å². The molecule has 0 radical (unpaired) electrons. The summed E-state index contributed by atoms with van der Waals surface area (Å²) in [5.41, 5.74) is 2.23. The van der Waals surface area contributed by atoms with Gasteiger partial charge in [0.25, 0.3) is 5.56 Å². The van der Waals surface area contributed by atoms with Gasteiger partial charge in [-0.3, -0.25) is 19.3 Å². The zero-order valence-corrected chi connectivity index (χ0v) is 27.1. The number of carbonyl (C=O) groups is 2. The number of nitrogens with zero attached hydrogens (tertiary/aromatic N) is 2. The van der Waals surface area contributed by atoms with E-state index in [0.717, 1.165) is 10.6 Å². The molecule has 0 aliphatic carbocycles. The van der Waals surface area contributed by atoms with E-state index in [1.54, 1.807) is 26.8 Å². The standard InChI is InChI=1S/C35H41F4N3O4/c1-19(2)9-30(42-16-23(13-28(38)35(42)45)7-8-41-17-26(37)18-41)34(44)40-29(15-31(43)46-6)27-14-24(10-22(5)33(27)39)32-20(3)11-25(36)12-21(32)4/h10-14,16,19,26,29-30H,7-9,15,17-18H2,1-6H3,(H,40,44)/t29-,30?/m0/s1. The Kier molecular flexibility index (Phi) is 11.1. The second-order valence-electron chi connectivity index (χ2n) is 12.6. The van der Waals surface area contributed by atoms with E-state index < -0.39 is 59.6 Å². The van der Waals surface area contributed by atoms with Crippen LogP contribution in [0.25, 0.3) is 11.1 Å². The largest absolute Gasteiger partial charge is 0.469 e. The highest BCUT2D eigenvalue weighted by Crippen LogP contribution is 2.34. The SMILES string of the molecule is COC(=O)C[C@H](NC(=O)C(CC(C)C)n1cc(CCN2CC(F)C2)cc(F)c1=O)c1cc(-c2c(C)cc(F)cc2C)cc(C)c1F. The Hall–Kier alpha value is -3.99. The highest BCUT2D eigenvalue weighted by Gasteiger charge is 2.31. The normalized spacial score (nSPS) is 15.0. The third-order valence-electron chi connectivity index (χ3n) is 8.38. The first-order chi connectivity index (χ1) is 21.7. The van der Waals surface area contributed by atoms with Gasteiger partial charge in [0, 0.05) is 31.4 Å². The summed E-state index contributed by atoms with van der Waals surface area (Å²) in [4.78, 5) is 41.5. The van der Waals surface area contributed by atoms with Crippen LogP contribution in [0, 0.1) is 44.1 Å². The lowest BCUT2D eigenvalue weighted by Gasteiger charge is -2.34. The number of hydrogen-bond donors (Lipinski definition) is 1. The number of nitrogens with one attached hydrogen (secondary N) is 1. The Morgan fingerprint density at radius 2 is 1.65 bits per heavy atom. The predicted octanol–water partition coefficient (Wildman–Crippen LogP) is 6.06. The van der Waals surface area contributed by atoms with Gasteiger partial charge in [-0.1, -0.05) is 13.8 Å². The molecule has 1 N–H and O–H groups in total. The summed E-state index contributed by atoms with van der Waals surface area (Å²) in [5.74, 6) is -3.62. The molecular weight excluding hydrogens is 602 g/mol. The van der Waals surface area contributed by atoms with Crippen molar-refractivity contribution in [2.75, 3.05) is 26.7 Å². The molecule has 0 saturated carbocycles. The minimum Gasteiger partial charge on any atom is -0.469 e. The van der Waals surface area contributed by atoms with Crippen molar-refractivity contribution in [3.63, 3.8) is 0 Å². The second kappa shape index (κ2) is 14.6. The smallest absolute Gasteiger partial charge is 0.307 e. The average Bonchev–Trinajstić information content (AvgIpc) is 2.95. The Labute approximate surface area is 266 Å². The van der Waals surface area contributed by atoms with E-state index in [1.165, 1.54) is 31.5 Å². The molecule has 1 amide bonds. The van der Waals surface area contributed by atoms with Crippen LogP contribution in [0.1, 0.15) is 66.6 Å². The van der Waals surface area contributed by atoms with E-state index in [4.69, 9.17) is 4.74 Å². The first kappa shape index (κ1) is 34.9. The molecule has 0 spiro atoms. The van der Waals surface area contributed by atoms with E-state index in [-0.39, 0.29) is 23.5 Å². The fraction of sp³-hybridized carbons (Fsp3) is 0.457. The number of likely N-dealkylation sites (tertiary alicyclic amines) is 1. The lowest BCUT2D eigenvalue weighted by molar-refractivity contribution is -0.141. The molecule has 4 rings (SSSR count). The molecule has 1 aliphatic rings. The molecule has 1 aliphatic heterocycles. The van der Waals surface area contributed by atoms with Crippen LogP contribution in [0.5, 0.6) is 0 Å². The number of benzene rings is 2.